The van der Waals surface area contributed by atoms with E-state index in [-0.39, 0.29) is 18.0 Å². The Morgan fingerprint density at radius 2 is 2.00 bits per heavy atom. The number of nitrogens with two attached hydrogens (primary N) is 1. The zero-order valence-corrected chi connectivity index (χ0v) is 11.4. The van der Waals surface area contributed by atoms with Gasteiger partial charge < -0.3 is 20.5 Å². The Morgan fingerprint density at radius 1 is 1.20 bits per heavy atom. The topological polar surface area (TPSA) is 73.6 Å². The van der Waals surface area contributed by atoms with Gasteiger partial charge in [-0.05, 0) is 25.0 Å². The van der Waals surface area contributed by atoms with E-state index in [1.54, 1.807) is 6.07 Å². The maximum Gasteiger partial charge on any atom is 0.255 e. The molecule has 1 aliphatic heterocycles. The first-order chi connectivity index (χ1) is 9.75. The second-order valence-electron chi connectivity index (χ2n) is 5.36. The van der Waals surface area contributed by atoms with Crippen molar-refractivity contribution in [3.63, 3.8) is 0 Å². The molecule has 0 bridgehead atoms. The zero-order chi connectivity index (χ0) is 13.9. The predicted octanol–water partition coefficient (Wildman–Crippen LogP) is 1.46. The summed E-state index contributed by atoms with van der Waals surface area (Å²) in [4.78, 5) is 12.4. The molecule has 0 unspecified atom stereocenters. The highest BCUT2D eigenvalue weighted by Crippen LogP contribution is 2.33. The number of hydrogen-bond acceptors (Lipinski definition) is 4. The number of para-hydroxylation sites is 1. The highest BCUT2D eigenvalue weighted by molar-refractivity contribution is 5.98. The molecule has 1 amide bonds. The largest absolute Gasteiger partial charge is 0.486 e. The first kappa shape index (κ1) is 13.2. The van der Waals surface area contributed by atoms with Gasteiger partial charge in [-0.1, -0.05) is 18.9 Å². The van der Waals surface area contributed by atoms with E-state index in [9.17, 15) is 4.79 Å². The second kappa shape index (κ2) is 5.71. The predicted molar refractivity (Wildman–Crippen MR) is 75.1 cm³/mol. The van der Waals surface area contributed by atoms with Crippen molar-refractivity contribution in [2.75, 3.05) is 13.2 Å². The van der Waals surface area contributed by atoms with Crippen molar-refractivity contribution in [2.45, 2.75) is 37.8 Å². The number of nitrogens with one attached hydrogen (secondary N) is 1. The Kier molecular flexibility index (Phi) is 3.78. The van der Waals surface area contributed by atoms with Gasteiger partial charge in [0.25, 0.3) is 5.91 Å². The average Bonchev–Trinajstić information content (AvgIpc) is 2.49. The van der Waals surface area contributed by atoms with Crippen LogP contribution in [0.1, 0.15) is 36.0 Å². The van der Waals surface area contributed by atoms with Crippen LogP contribution >= 0.6 is 0 Å². The Labute approximate surface area is 118 Å². The van der Waals surface area contributed by atoms with Gasteiger partial charge in [-0.25, -0.2) is 0 Å². The van der Waals surface area contributed by atoms with Crippen LogP contribution in [0.4, 0.5) is 0 Å². The van der Waals surface area contributed by atoms with Gasteiger partial charge >= 0.3 is 0 Å². The van der Waals surface area contributed by atoms with Crippen LogP contribution in [-0.4, -0.2) is 31.2 Å². The van der Waals surface area contributed by atoms with Gasteiger partial charge in [0.05, 0.1) is 5.56 Å². The fourth-order valence-corrected chi connectivity index (χ4v) is 2.84. The SMILES string of the molecule is N[C@H]1CCCC[C@@H]1NC(=O)c1cccc2c1OCCO2. The lowest BCUT2D eigenvalue weighted by Gasteiger charge is -2.29. The van der Waals surface area contributed by atoms with Crippen molar-refractivity contribution in [1.29, 1.82) is 0 Å². The molecule has 3 N–H and O–H groups in total. The summed E-state index contributed by atoms with van der Waals surface area (Å²) < 4.78 is 11.1. The molecule has 0 radical (unpaired) electrons. The molecule has 108 valence electrons. The second-order valence-corrected chi connectivity index (χ2v) is 5.36. The number of rotatable bonds is 2. The first-order valence-corrected chi connectivity index (χ1v) is 7.21. The minimum atomic E-state index is -0.130. The van der Waals surface area contributed by atoms with E-state index in [1.165, 1.54) is 0 Å². The van der Waals surface area contributed by atoms with E-state index < -0.39 is 0 Å². The van der Waals surface area contributed by atoms with Crippen LogP contribution < -0.4 is 20.5 Å². The van der Waals surface area contributed by atoms with Crippen LogP contribution in [0.3, 0.4) is 0 Å². The van der Waals surface area contributed by atoms with Crippen LogP contribution in [-0.2, 0) is 0 Å². The third kappa shape index (κ3) is 2.58. The Bertz CT molecular complexity index is 504. The molecular formula is C15H20N2O3. The maximum atomic E-state index is 12.4. The van der Waals surface area contributed by atoms with Crippen LogP contribution in [0.15, 0.2) is 18.2 Å². The fourth-order valence-electron chi connectivity index (χ4n) is 2.84. The molecule has 0 aromatic heterocycles. The summed E-state index contributed by atoms with van der Waals surface area (Å²) >= 11 is 0. The highest BCUT2D eigenvalue weighted by Gasteiger charge is 2.26. The number of ether oxygens (including phenoxy) is 2. The Balaban J connectivity index is 1.77. The minimum Gasteiger partial charge on any atom is -0.486 e. The lowest BCUT2D eigenvalue weighted by molar-refractivity contribution is 0.0910. The van der Waals surface area contributed by atoms with Crippen molar-refractivity contribution in [1.82, 2.24) is 5.32 Å². The summed E-state index contributed by atoms with van der Waals surface area (Å²) in [6.45, 7) is 0.992. The number of hydrogen-bond donors (Lipinski definition) is 2. The van der Waals surface area contributed by atoms with Crippen LogP contribution in [0.25, 0.3) is 0 Å². The Morgan fingerprint density at radius 3 is 2.85 bits per heavy atom. The normalized spacial score (nSPS) is 25.1. The summed E-state index contributed by atoms with van der Waals surface area (Å²) in [5, 5.41) is 3.04. The molecule has 20 heavy (non-hydrogen) atoms. The van der Waals surface area contributed by atoms with Crippen LogP contribution in [0.2, 0.25) is 0 Å². The molecule has 1 saturated carbocycles. The molecular weight excluding hydrogens is 256 g/mol. The van der Waals surface area contributed by atoms with Crippen LogP contribution in [0.5, 0.6) is 11.5 Å². The highest BCUT2D eigenvalue weighted by atomic mass is 16.6. The van der Waals surface area contributed by atoms with E-state index in [0.29, 0.717) is 30.3 Å². The molecule has 3 rings (SSSR count). The van der Waals surface area contributed by atoms with Gasteiger partial charge in [0.15, 0.2) is 11.5 Å². The number of amides is 1. The molecule has 0 spiro atoms. The maximum absolute atomic E-state index is 12.4. The molecule has 1 aromatic rings. The van der Waals surface area contributed by atoms with Gasteiger partial charge in [-0.2, -0.15) is 0 Å². The van der Waals surface area contributed by atoms with Crippen molar-refractivity contribution in [3.05, 3.63) is 23.8 Å². The fraction of sp³-hybridized carbons (Fsp3) is 0.533. The Hall–Kier alpha value is -1.75. The van der Waals surface area contributed by atoms with E-state index in [2.05, 4.69) is 5.32 Å². The first-order valence-electron chi connectivity index (χ1n) is 7.21. The standard InChI is InChI=1S/C15H20N2O3/c16-11-5-1-2-6-12(11)17-15(18)10-4-3-7-13-14(10)20-9-8-19-13/h3-4,7,11-12H,1-2,5-6,8-9,16H2,(H,17,18)/t11-,12-/m0/s1. The lowest BCUT2D eigenvalue weighted by Crippen LogP contribution is -2.49. The van der Waals surface area contributed by atoms with Gasteiger partial charge in [0.1, 0.15) is 13.2 Å². The number of fused-ring (bicyclic) bond motifs is 1. The number of carbonyl (C=O) groups is 1. The molecule has 1 aliphatic carbocycles. The summed E-state index contributed by atoms with van der Waals surface area (Å²) in [6, 6.07) is 5.49. The quantitative estimate of drug-likeness (QED) is 0.857. The summed E-state index contributed by atoms with van der Waals surface area (Å²) in [5.74, 6) is 1.05. The third-order valence-electron chi connectivity index (χ3n) is 3.95. The van der Waals surface area contributed by atoms with Gasteiger partial charge in [-0.3, -0.25) is 4.79 Å². The summed E-state index contributed by atoms with van der Waals surface area (Å²) in [6.07, 6.45) is 4.17. The average molecular weight is 276 g/mol. The van der Waals surface area contributed by atoms with Crippen molar-refractivity contribution < 1.29 is 14.3 Å². The lowest BCUT2D eigenvalue weighted by atomic mass is 9.91. The zero-order valence-electron chi connectivity index (χ0n) is 11.4. The smallest absolute Gasteiger partial charge is 0.255 e. The summed E-state index contributed by atoms with van der Waals surface area (Å²) in [5.41, 5.74) is 6.60. The third-order valence-corrected chi connectivity index (χ3v) is 3.95. The molecule has 5 heteroatoms. The minimum absolute atomic E-state index is 0.0457. The molecule has 0 saturated heterocycles. The molecule has 1 heterocycles. The molecule has 1 aromatic carbocycles. The molecule has 2 atom stereocenters. The van der Waals surface area contributed by atoms with Gasteiger partial charge in [-0.15, -0.1) is 0 Å². The van der Waals surface area contributed by atoms with Crippen molar-refractivity contribution in [2.24, 2.45) is 5.73 Å². The van der Waals surface area contributed by atoms with E-state index in [4.69, 9.17) is 15.2 Å². The number of benzene rings is 1. The van der Waals surface area contributed by atoms with Gasteiger partial charge in [0, 0.05) is 12.1 Å². The van der Waals surface area contributed by atoms with Crippen LogP contribution in [0, 0.1) is 0 Å². The molecule has 2 aliphatic rings. The molecule has 1 fully saturated rings. The number of carbonyl (C=O) groups excluding carboxylic acids is 1. The van der Waals surface area contributed by atoms with E-state index >= 15 is 0 Å². The van der Waals surface area contributed by atoms with Crippen molar-refractivity contribution in [3.8, 4) is 11.5 Å². The van der Waals surface area contributed by atoms with Crippen molar-refractivity contribution >= 4 is 5.91 Å². The van der Waals surface area contributed by atoms with Gasteiger partial charge in [0.2, 0.25) is 0 Å². The van der Waals surface area contributed by atoms with E-state index in [0.717, 1.165) is 25.7 Å². The van der Waals surface area contributed by atoms with E-state index in [1.807, 2.05) is 12.1 Å². The molecule has 5 nitrogen and oxygen atoms in total. The monoisotopic (exact) mass is 276 g/mol. The summed E-state index contributed by atoms with van der Waals surface area (Å²) in [7, 11) is 0.